The number of hydrogen-bond acceptors (Lipinski definition) is 4. The number of nitrogens with two attached hydrogens (primary N) is 1. The van der Waals surface area contributed by atoms with Crippen LogP contribution in [-0.4, -0.2) is 19.6 Å². The minimum absolute atomic E-state index is 0.125. The van der Waals surface area contributed by atoms with Gasteiger partial charge in [0.05, 0.1) is 12.1 Å². The van der Waals surface area contributed by atoms with Crippen LogP contribution >= 0.6 is 11.6 Å². The molecule has 2 rings (SSSR count). The SMILES string of the molecule is COc1cc(CNc2ccc(C(C)(C)C)cc2)cc(Cl)c1OCC(N)=O. The third-order valence-corrected chi connectivity index (χ3v) is 4.18. The predicted molar refractivity (Wildman–Crippen MR) is 105 cm³/mol. The van der Waals surface area contributed by atoms with Gasteiger partial charge >= 0.3 is 0 Å². The maximum absolute atomic E-state index is 10.9. The molecule has 0 bridgehead atoms. The maximum Gasteiger partial charge on any atom is 0.255 e. The molecule has 2 aromatic carbocycles. The summed E-state index contributed by atoms with van der Waals surface area (Å²) in [4.78, 5) is 10.9. The number of anilines is 1. The van der Waals surface area contributed by atoms with Gasteiger partial charge in [0.2, 0.25) is 0 Å². The van der Waals surface area contributed by atoms with Crippen molar-refractivity contribution in [1.82, 2.24) is 0 Å². The fraction of sp³-hybridized carbons (Fsp3) is 0.350. The standard InChI is InChI=1S/C20H25ClN2O3/c1-20(2,3)14-5-7-15(8-6-14)23-11-13-9-16(21)19(17(10-13)25-4)26-12-18(22)24/h5-10,23H,11-12H2,1-4H3,(H2,22,24). The predicted octanol–water partition coefficient (Wildman–Crippen LogP) is 4.12. The lowest BCUT2D eigenvalue weighted by Gasteiger charge is -2.19. The highest BCUT2D eigenvalue weighted by Gasteiger charge is 2.14. The molecule has 0 fully saturated rings. The lowest BCUT2D eigenvalue weighted by Crippen LogP contribution is -2.20. The zero-order chi connectivity index (χ0) is 19.3. The Hall–Kier alpha value is -2.40. The van der Waals surface area contributed by atoms with Crippen molar-refractivity contribution in [2.75, 3.05) is 19.0 Å². The monoisotopic (exact) mass is 376 g/mol. The van der Waals surface area contributed by atoms with Crippen LogP contribution in [0.3, 0.4) is 0 Å². The number of methoxy groups -OCH3 is 1. The Morgan fingerprint density at radius 2 is 1.85 bits per heavy atom. The molecular weight excluding hydrogens is 352 g/mol. The summed E-state index contributed by atoms with van der Waals surface area (Å²) in [7, 11) is 1.52. The van der Waals surface area contributed by atoms with Crippen molar-refractivity contribution >= 4 is 23.2 Å². The van der Waals surface area contributed by atoms with Crippen molar-refractivity contribution in [2.24, 2.45) is 5.73 Å². The average molecular weight is 377 g/mol. The molecule has 3 N–H and O–H groups in total. The summed E-state index contributed by atoms with van der Waals surface area (Å²) in [5.41, 5.74) is 8.45. The smallest absolute Gasteiger partial charge is 0.255 e. The van der Waals surface area contributed by atoms with Crippen molar-refractivity contribution in [2.45, 2.75) is 32.7 Å². The van der Waals surface area contributed by atoms with E-state index in [4.69, 9.17) is 26.8 Å². The van der Waals surface area contributed by atoms with E-state index in [-0.39, 0.29) is 12.0 Å². The molecule has 0 heterocycles. The second-order valence-electron chi connectivity index (χ2n) is 7.04. The number of benzene rings is 2. The normalized spacial score (nSPS) is 11.1. The quantitative estimate of drug-likeness (QED) is 0.762. The molecule has 2 aromatic rings. The highest BCUT2D eigenvalue weighted by atomic mass is 35.5. The minimum atomic E-state index is -0.576. The fourth-order valence-corrected chi connectivity index (χ4v) is 2.74. The maximum atomic E-state index is 10.9. The van der Waals surface area contributed by atoms with Gasteiger partial charge in [-0.05, 0) is 40.8 Å². The summed E-state index contributed by atoms with van der Waals surface area (Å²) in [5, 5.41) is 3.72. The lowest BCUT2D eigenvalue weighted by atomic mass is 9.87. The Bertz CT molecular complexity index is 768. The van der Waals surface area contributed by atoms with Gasteiger partial charge in [-0.2, -0.15) is 0 Å². The Morgan fingerprint density at radius 3 is 2.38 bits per heavy atom. The molecule has 0 aromatic heterocycles. The van der Waals surface area contributed by atoms with Crippen LogP contribution in [0.15, 0.2) is 36.4 Å². The summed E-state index contributed by atoms with van der Waals surface area (Å²) in [6.07, 6.45) is 0. The summed E-state index contributed by atoms with van der Waals surface area (Å²) in [6.45, 7) is 6.87. The number of carbonyl (C=O) groups is 1. The Labute approximate surface area is 159 Å². The Kier molecular flexibility index (Phi) is 6.37. The van der Waals surface area contributed by atoms with E-state index in [2.05, 4.69) is 50.4 Å². The summed E-state index contributed by atoms with van der Waals surface area (Å²) in [6, 6.07) is 12.0. The second-order valence-corrected chi connectivity index (χ2v) is 7.45. The molecule has 0 spiro atoms. The average Bonchev–Trinajstić information content (AvgIpc) is 2.58. The van der Waals surface area contributed by atoms with E-state index in [0.717, 1.165) is 11.3 Å². The van der Waals surface area contributed by atoms with Gasteiger partial charge in [-0.3, -0.25) is 4.79 Å². The molecule has 26 heavy (non-hydrogen) atoms. The van der Waals surface area contributed by atoms with Gasteiger partial charge in [0.25, 0.3) is 5.91 Å². The Balaban J connectivity index is 2.10. The first-order valence-electron chi connectivity index (χ1n) is 8.32. The molecule has 0 aliphatic rings. The number of amides is 1. The molecule has 0 atom stereocenters. The minimum Gasteiger partial charge on any atom is -0.493 e. The molecule has 0 aliphatic carbocycles. The van der Waals surface area contributed by atoms with E-state index in [1.165, 1.54) is 12.7 Å². The Morgan fingerprint density at radius 1 is 1.19 bits per heavy atom. The molecule has 0 saturated carbocycles. The van der Waals surface area contributed by atoms with Crippen LogP contribution in [0.1, 0.15) is 31.9 Å². The molecule has 0 unspecified atom stereocenters. The van der Waals surface area contributed by atoms with Crippen LogP contribution in [-0.2, 0) is 16.8 Å². The van der Waals surface area contributed by atoms with E-state index in [1.54, 1.807) is 6.07 Å². The van der Waals surface area contributed by atoms with Crippen LogP contribution in [0, 0.1) is 0 Å². The third kappa shape index (κ3) is 5.30. The van der Waals surface area contributed by atoms with Crippen LogP contribution in [0.5, 0.6) is 11.5 Å². The van der Waals surface area contributed by atoms with Crippen LogP contribution in [0.2, 0.25) is 5.02 Å². The molecule has 140 valence electrons. The highest BCUT2D eigenvalue weighted by Crippen LogP contribution is 2.36. The lowest BCUT2D eigenvalue weighted by molar-refractivity contribution is -0.119. The van der Waals surface area contributed by atoms with E-state index < -0.39 is 5.91 Å². The first kappa shape index (κ1) is 19.9. The zero-order valence-corrected chi connectivity index (χ0v) is 16.3. The van der Waals surface area contributed by atoms with Gasteiger partial charge in [0.1, 0.15) is 0 Å². The number of carbonyl (C=O) groups excluding carboxylic acids is 1. The van der Waals surface area contributed by atoms with Gasteiger partial charge in [0, 0.05) is 12.2 Å². The van der Waals surface area contributed by atoms with E-state index in [9.17, 15) is 4.79 Å². The molecule has 6 heteroatoms. The van der Waals surface area contributed by atoms with Gasteiger partial charge < -0.3 is 20.5 Å². The number of nitrogens with one attached hydrogen (secondary N) is 1. The number of rotatable bonds is 7. The molecule has 0 saturated heterocycles. The number of primary amides is 1. The molecule has 0 aliphatic heterocycles. The van der Waals surface area contributed by atoms with Gasteiger partial charge in [0.15, 0.2) is 18.1 Å². The zero-order valence-electron chi connectivity index (χ0n) is 15.6. The first-order valence-corrected chi connectivity index (χ1v) is 8.70. The van der Waals surface area contributed by atoms with E-state index in [0.29, 0.717) is 23.1 Å². The van der Waals surface area contributed by atoms with Crippen molar-refractivity contribution in [1.29, 1.82) is 0 Å². The van der Waals surface area contributed by atoms with Gasteiger partial charge in [-0.1, -0.05) is 44.5 Å². The molecule has 1 amide bonds. The largest absolute Gasteiger partial charge is 0.493 e. The van der Waals surface area contributed by atoms with Crippen LogP contribution < -0.4 is 20.5 Å². The summed E-state index contributed by atoms with van der Waals surface area (Å²) < 4.78 is 10.6. The number of ether oxygens (including phenoxy) is 2. The molecule has 0 radical (unpaired) electrons. The van der Waals surface area contributed by atoms with E-state index >= 15 is 0 Å². The topological polar surface area (TPSA) is 73.6 Å². The van der Waals surface area contributed by atoms with Crippen molar-refractivity contribution < 1.29 is 14.3 Å². The number of hydrogen-bond donors (Lipinski definition) is 2. The van der Waals surface area contributed by atoms with Crippen LogP contribution in [0.25, 0.3) is 0 Å². The molecule has 5 nitrogen and oxygen atoms in total. The third-order valence-electron chi connectivity index (χ3n) is 3.90. The van der Waals surface area contributed by atoms with Crippen molar-refractivity contribution in [3.8, 4) is 11.5 Å². The highest BCUT2D eigenvalue weighted by molar-refractivity contribution is 6.32. The summed E-state index contributed by atoms with van der Waals surface area (Å²) >= 11 is 6.26. The fourth-order valence-electron chi connectivity index (χ4n) is 2.45. The number of halogens is 1. The van der Waals surface area contributed by atoms with E-state index in [1.807, 2.05) is 6.07 Å². The van der Waals surface area contributed by atoms with Gasteiger partial charge in [-0.25, -0.2) is 0 Å². The summed E-state index contributed by atoms with van der Waals surface area (Å²) in [5.74, 6) is 0.192. The van der Waals surface area contributed by atoms with Gasteiger partial charge in [-0.15, -0.1) is 0 Å². The van der Waals surface area contributed by atoms with Crippen LogP contribution in [0.4, 0.5) is 5.69 Å². The first-order chi connectivity index (χ1) is 12.2. The van der Waals surface area contributed by atoms with Crippen molar-refractivity contribution in [3.63, 3.8) is 0 Å². The molecular formula is C20H25ClN2O3. The van der Waals surface area contributed by atoms with Crippen molar-refractivity contribution in [3.05, 3.63) is 52.5 Å². The second kappa shape index (κ2) is 8.32.